The maximum atomic E-state index is 6.31. The number of hydrogen-bond acceptors (Lipinski definition) is 3. The molecule has 1 aromatic carbocycles. The topological polar surface area (TPSA) is 28.9 Å². The number of para-hydroxylation sites is 1. The molecule has 0 radical (unpaired) electrons. The van der Waals surface area contributed by atoms with E-state index in [4.69, 9.17) is 27.9 Å². The van der Waals surface area contributed by atoms with Crippen LogP contribution in [-0.4, -0.2) is 25.6 Å². The van der Waals surface area contributed by atoms with E-state index in [9.17, 15) is 0 Å². The molecule has 25 heavy (non-hydrogen) atoms. The second-order valence-corrected chi connectivity index (χ2v) is 10.6. The van der Waals surface area contributed by atoms with Crippen molar-refractivity contribution in [3.05, 3.63) is 53.1 Å². The Labute approximate surface area is 159 Å². The molecule has 4 nitrogen and oxygen atoms in total. The van der Waals surface area contributed by atoms with Crippen LogP contribution in [0.2, 0.25) is 0 Å². The molecule has 2 saturated heterocycles. The molecule has 0 spiro atoms. The first-order valence-electron chi connectivity index (χ1n) is 8.96. The van der Waals surface area contributed by atoms with Gasteiger partial charge in [0.15, 0.2) is 0 Å². The average Bonchev–Trinajstić information content (AvgIpc) is 3.28. The molecule has 2 fully saturated rings. The molecule has 1 aromatic rings. The molecule has 0 unspecified atom stereocenters. The number of hydrazine groups is 1. The summed E-state index contributed by atoms with van der Waals surface area (Å²) in [5, 5.41) is 1.25. The van der Waals surface area contributed by atoms with Gasteiger partial charge in [-0.25, -0.2) is 4.78 Å². The van der Waals surface area contributed by atoms with E-state index in [1.807, 2.05) is 18.2 Å². The summed E-state index contributed by atoms with van der Waals surface area (Å²) in [4.78, 5) is 1.60. The Balaban J connectivity index is 1.81. The molecular formula is C18H24ClN3OPS+. The van der Waals surface area contributed by atoms with Crippen LogP contribution in [0.25, 0.3) is 0 Å². The van der Waals surface area contributed by atoms with Crippen LogP contribution >= 0.6 is 18.0 Å². The molecule has 4 rings (SSSR count). The highest BCUT2D eigenvalue weighted by Gasteiger charge is 2.46. The quantitative estimate of drug-likeness (QED) is 0.591. The van der Waals surface area contributed by atoms with Crippen LogP contribution in [-0.2, 0) is 16.3 Å². The molecule has 1 atom stereocenters. The van der Waals surface area contributed by atoms with Crippen LogP contribution in [0.15, 0.2) is 53.1 Å². The molecule has 3 aliphatic rings. The summed E-state index contributed by atoms with van der Waals surface area (Å²) in [6, 6.07) is 10.3. The van der Waals surface area contributed by atoms with Gasteiger partial charge < -0.3 is 9.42 Å². The fourth-order valence-electron chi connectivity index (χ4n) is 3.95. The number of likely N-dealkylation sites (tertiary alicyclic amines) is 1. The molecule has 2 aliphatic heterocycles. The van der Waals surface area contributed by atoms with Crippen molar-refractivity contribution in [2.75, 3.05) is 30.4 Å². The minimum atomic E-state index is -2.40. The predicted molar refractivity (Wildman–Crippen MR) is 107 cm³/mol. The Morgan fingerprint density at radius 1 is 1.24 bits per heavy atom. The van der Waals surface area contributed by atoms with E-state index in [2.05, 4.69) is 28.4 Å². The number of quaternary nitrogens is 1. The van der Waals surface area contributed by atoms with Crippen LogP contribution in [0.4, 0.5) is 5.69 Å². The lowest BCUT2D eigenvalue weighted by Crippen LogP contribution is -3.08. The minimum Gasteiger partial charge on any atom is -0.328 e. The van der Waals surface area contributed by atoms with Gasteiger partial charge in [0.05, 0.1) is 31.1 Å². The van der Waals surface area contributed by atoms with E-state index < -0.39 is 6.42 Å². The largest absolute Gasteiger partial charge is 0.328 e. The number of fused-ring (bicyclic) bond motifs is 1. The van der Waals surface area contributed by atoms with E-state index in [1.165, 1.54) is 36.9 Å². The third kappa shape index (κ3) is 3.17. The lowest BCUT2D eigenvalue weighted by atomic mass is 10.1. The zero-order valence-electron chi connectivity index (χ0n) is 14.2. The highest BCUT2D eigenvalue weighted by molar-refractivity contribution is 8.15. The highest BCUT2D eigenvalue weighted by atomic mass is 35.5. The number of nitrogens with one attached hydrogen (secondary N) is 2. The molecular weight excluding hydrogens is 373 g/mol. The summed E-state index contributed by atoms with van der Waals surface area (Å²) in [6.45, 7) is 2.90. The molecule has 0 saturated carbocycles. The Kier molecular flexibility index (Phi) is 5.21. The molecule has 2 heterocycles. The Hall–Kier alpha value is -0.840. The second kappa shape index (κ2) is 7.42. The standard InChI is InChI=1S/C18H23ClN3OPS/c19-11-14-23-24(25)18-16(20-22(24)15-7-2-1-3-8-15)9-6-10-17(18)21-12-4-5-13-21/h1-3,7-9,20H,4-6,10-14H2/p+1/t24-/m0/s1. The summed E-state index contributed by atoms with van der Waals surface area (Å²) in [7, 11) is 0. The van der Waals surface area contributed by atoms with Gasteiger partial charge in [0.1, 0.15) is 11.0 Å². The fraction of sp³-hybridized carbons (Fsp3) is 0.444. The number of rotatable bonds is 5. The Morgan fingerprint density at radius 2 is 2.00 bits per heavy atom. The first kappa shape index (κ1) is 17.6. The number of halogens is 1. The number of allylic oxidation sites excluding steroid dienone is 3. The summed E-state index contributed by atoms with van der Waals surface area (Å²) < 4.78 is 8.41. The summed E-state index contributed by atoms with van der Waals surface area (Å²) in [5.74, 6) is 0.458. The third-order valence-corrected chi connectivity index (χ3v) is 9.01. The maximum absolute atomic E-state index is 6.31. The summed E-state index contributed by atoms with van der Waals surface area (Å²) in [5.41, 5.74) is 7.24. The number of nitrogens with zero attached hydrogens (tertiary/aromatic N) is 1. The number of hydrogen-bond donors (Lipinski definition) is 2. The first-order chi connectivity index (χ1) is 12.2. The van der Waals surface area contributed by atoms with Gasteiger partial charge in [-0.2, -0.15) is 0 Å². The molecule has 0 bridgehead atoms. The van der Waals surface area contributed by atoms with Crippen molar-refractivity contribution < 1.29 is 9.42 Å². The fourth-order valence-corrected chi connectivity index (χ4v) is 7.91. The van der Waals surface area contributed by atoms with Crippen molar-refractivity contribution >= 4 is 35.5 Å². The van der Waals surface area contributed by atoms with Gasteiger partial charge in [0, 0.05) is 25.1 Å². The van der Waals surface area contributed by atoms with Gasteiger partial charge in [-0.15, -0.1) is 11.6 Å². The first-order valence-corrected chi connectivity index (χ1v) is 12.2. The molecule has 134 valence electrons. The van der Waals surface area contributed by atoms with E-state index in [-0.39, 0.29) is 0 Å². The van der Waals surface area contributed by atoms with Crippen LogP contribution in [0.5, 0.6) is 0 Å². The number of benzene rings is 1. The van der Waals surface area contributed by atoms with Gasteiger partial charge in [-0.1, -0.05) is 24.3 Å². The number of alkyl halides is 1. The molecule has 0 aromatic heterocycles. The van der Waals surface area contributed by atoms with Crippen LogP contribution in [0.1, 0.15) is 25.7 Å². The number of anilines is 1. The van der Waals surface area contributed by atoms with Crippen LogP contribution in [0.3, 0.4) is 0 Å². The van der Waals surface area contributed by atoms with E-state index in [0.29, 0.717) is 12.5 Å². The van der Waals surface area contributed by atoms with Crippen molar-refractivity contribution in [1.29, 1.82) is 0 Å². The van der Waals surface area contributed by atoms with Crippen molar-refractivity contribution in [1.82, 2.24) is 5.43 Å². The van der Waals surface area contributed by atoms with Gasteiger partial charge in [-0.3, -0.25) is 5.43 Å². The van der Waals surface area contributed by atoms with Crippen LogP contribution < -0.4 is 15.1 Å². The van der Waals surface area contributed by atoms with Gasteiger partial charge in [0.25, 0.3) is 0 Å². The van der Waals surface area contributed by atoms with Gasteiger partial charge >= 0.3 is 0 Å². The van der Waals surface area contributed by atoms with Crippen molar-refractivity contribution in [2.45, 2.75) is 25.7 Å². The average molecular weight is 397 g/mol. The summed E-state index contributed by atoms with van der Waals surface area (Å²) in [6.07, 6.45) is 4.63. The molecule has 2 N–H and O–H groups in total. The van der Waals surface area contributed by atoms with Crippen LogP contribution in [0, 0.1) is 0 Å². The molecule has 1 aliphatic carbocycles. The smallest absolute Gasteiger partial charge is 0.212 e. The second-order valence-electron chi connectivity index (χ2n) is 6.60. The monoisotopic (exact) mass is 396 g/mol. The minimum absolute atomic E-state index is 0.458. The maximum Gasteiger partial charge on any atom is 0.212 e. The predicted octanol–water partition coefficient (Wildman–Crippen LogP) is 3.14. The summed E-state index contributed by atoms with van der Waals surface area (Å²) >= 11 is 12.2. The Morgan fingerprint density at radius 3 is 2.72 bits per heavy atom. The lowest BCUT2D eigenvalue weighted by molar-refractivity contribution is -0.849. The van der Waals surface area contributed by atoms with Crippen molar-refractivity contribution in [2.24, 2.45) is 0 Å². The normalized spacial score (nSPS) is 26.6. The van der Waals surface area contributed by atoms with E-state index >= 15 is 0 Å². The molecule has 7 heteroatoms. The highest BCUT2D eigenvalue weighted by Crippen LogP contribution is 2.66. The van der Waals surface area contributed by atoms with E-state index in [1.54, 1.807) is 4.90 Å². The van der Waals surface area contributed by atoms with Crippen molar-refractivity contribution in [3.8, 4) is 0 Å². The molecule has 0 amide bonds. The van der Waals surface area contributed by atoms with Gasteiger partial charge in [0.2, 0.25) is 6.42 Å². The zero-order chi connectivity index (χ0) is 17.3. The van der Waals surface area contributed by atoms with E-state index in [0.717, 1.165) is 24.2 Å². The zero-order valence-corrected chi connectivity index (χ0v) is 16.7. The van der Waals surface area contributed by atoms with Gasteiger partial charge in [-0.05, 0) is 30.4 Å². The Bertz CT molecular complexity index is 746. The lowest BCUT2D eigenvalue weighted by Gasteiger charge is -2.30. The third-order valence-electron chi connectivity index (χ3n) is 5.03. The van der Waals surface area contributed by atoms with Crippen molar-refractivity contribution in [3.63, 3.8) is 0 Å². The SMILES string of the molecule is S=[P@@]1(OCCCl)C2=C([NH+]3CCCC3)CCC=C2NN1c1ccccc1.